The summed E-state index contributed by atoms with van der Waals surface area (Å²) in [5.74, 6) is 0.234. The molecule has 3 aromatic rings. The molecule has 1 aliphatic carbocycles. The van der Waals surface area contributed by atoms with Crippen LogP contribution in [0.2, 0.25) is 0 Å². The molecule has 0 saturated heterocycles. The van der Waals surface area contributed by atoms with Crippen LogP contribution < -0.4 is 10.6 Å². The van der Waals surface area contributed by atoms with Gasteiger partial charge in [0.05, 0.1) is 22.7 Å². The number of H-pyrrole nitrogens is 1. The maximum absolute atomic E-state index is 14.5. The summed E-state index contributed by atoms with van der Waals surface area (Å²) in [6.07, 6.45) is 2.99. The minimum atomic E-state index is -0.662. The number of halogens is 2. The van der Waals surface area contributed by atoms with Gasteiger partial charge in [-0.2, -0.15) is 0 Å². The van der Waals surface area contributed by atoms with Crippen LogP contribution in [-0.2, 0) is 6.42 Å². The van der Waals surface area contributed by atoms with Gasteiger partial charge in [-0.25, -0.2) is 14.2 Å². The third-order valence-electron chi connectivity index (χ3n) is 5.88. The lowest BCUT2D eigenvalue weighted by atomic mass is 9.84. The molecule has 1 fully saturated rings. The number of aliphatic hydroxyl groups is 1. The molecule has 164 valence electrons. The van der Waals surface area contributed by atoms with Crippen molar-refractivity contribution in [1.29, 1.82) is 0 Å². The van der Waals surface area contributed by atoms with Crippen LogP contribution in [0.25, 0.3) is 11.0 Å². The number of urea groups is 1. The molecule has 1 atom stereocenters. The third kappa shape index (κ3) is 5.43. The maximum Gasteiger partial charge on any atom is 0.315 e. The fourth-order valence-electron chi connectivity index (χ4n) is 4.03. The van der Waals surface area contributed by atoms with Crippen molar-refractivity contribution in [1.82, 2.24) is 20.6 Å². The summed E-state index contributed by atoms with van der Waals surface area (Å²) in [4.78, 5) is 20.6. The van der Waals surface area contributed by atoms with Gasteiger partial charge in [-0.3, -0.25) is 0 Å². The first-order chi connectivity index (χ1) is 14.8. The molecule has 31 heavy (non-hydrogen) atoms. The molecule has 0 bridgehead atoms. The van der Waals surface area contributed by atoms with E-state index in [2.05, 4.69) is 36.5 Å². The first kappa shape index (κ1) is 21.8. The molecular formula is C23H26BrFN4O2. The molecule has 1 heterocycles. The number of nitrogens with zero attached hydrogens (tertiary/aromatic N) is 1. The summed E-state index contributed by atoms with van der Waals surface area (Å²) in [5, 5.41) is 16.1. The van der Waals surface area contributed by atoms with Gasteiger partial charge in [-0.05, 0) is 62.4 Å². The highest BCUT2D eigenvalue weighted by atomic mass is 79.9. The highest BCUT2D eigenvalue weighted by Crippen LogP contribution is 2.28. The summed E-state index contributed by atoms with van der Waals surface area (Å²) in [7, 11) is 0. The van der Waals surface area contributed by atoms with Crippen molar-refractivity contribution >= 4 is 33.0 Å². The van der Waals surface area contributed by atoms with Crippen molar-refractivity contribution in [3.8, 4) is 0 Å². The Kier molecular flexibility index (Phi) is 6.29. The zero-order valence-electron chi connectivity index (χ0n) is 17.3. The molecule has 0 aliphatic heterocycles. The van der Waals surface area contributed by atoms with Gasteiger partial charge in [-0.15, -0.1) is 0 Å². The number of carbonyl (C=O) groups excluding carboxylic acids is 1. The first-order valence-electron chi connectivity index (χ1n) is 10.5. The van der Waals surface area contributed by atoms with Crippen LogP contribution in [0.3, 0.4) is 0 Å². The lowest BCUT2D eigenvalue weighted by Gasteiger charge is -2.33. The molecule has 1 aliphatic rings. The number of aromatic nitrogens is 2. The normalized spacial score (nSPS) is 22.3. The number of imidazole rings is 1. The fraction of sp³-hybridized carbons (Fsp3) is 0.391. The third-order valence-corrected chi connectivity index (χ3v) is 6.37. The van der Waals surface area contributed by atoms with Crippen LogP contribution in [0, 0.1) is 5.82 Å². The second kappa shape index (κ2) is 8.96. The van der Waals surface area contributed by atoms with E-state index in [0.717, 1.165) is 23.9 Å². The molecule has 1 aromatic heterocycles. The smallest absolute Gasteiger partial charge is 0.315 e. The van der Waals surface area contributed by atoms with E-state index in [1.807, 2.05) is 31.2 Å². The minimum absolute atomic E-state index is 0.000894. The fourth-order valence-corrected chi connectivity index (χ4v) is 4.36. The van der Waals surface area contributed by atoms with Gasteiger partial charge in [0.1, 0.15) is 11.6 Å². The van der Waals surface area contributed by atoms with Crippen molar-refractivity contribution in [2.24, 2.45) is 0 Å². The predicted octanol–water partition coefficient (Wildman–Crippen LogP) is 4.74. The van der Waals surface area contributed by atoms with Crippen LogP contribution in [0.5, 0.6) is 0 Å². The van der Waals surface area contributed by atoms with Crippen molar-refractivity contribution in [2.75, 3.05) is 0 Å². The average molecular weight is 489 g/mol. The SMILES string of the molecule is C[C@]1(O)CC[C@H](NC(=O)N[C@H](Cc2ccc(Br)cc2F)c2nc3ccccc3[nH]2)CC1. The van der Waals surface area contributed by atoms with E-state index in [1.54, 1.807) is 12.1 Å². The topological polar surface area (TPSA) is 90.0 Å². The lowest BCUT2D eigenvalue weighted by molar-refractivity contribution is 0.0151. The van der Waals surface area contributed by atoms with E-state index in [1.165, 1.54) is 6.07 Å². The van der Waals surface area contributed by atoms with Crippen LogP contribution >= 0.6 is 15.9 Å². The second-order valence-corrected chi connectivity index (χ2v) is 9.44. The molecule has 0 unspecified atom stereocenters. The monoisotopic (exact) mass is 488 g/mol. The molecule has 2 amide bonds. The van der Waals surface area contributed by atoms with Gasteiger partial charge < -0.3 is 20.7 Å². The van der Waals surface area contributed by atoms with Crippen molar-refractivity contribution in [2.45, 2.75) is 56.7 Å². The Bertz CT molecular complexity index is 1040. The summed E-state index contributed by atoms with van der Waals surface area (Å²) < 4.78 is 15.2. The van der Waals surface area contributed by atoms with Crippen LogP contribution in [0.15, 0.2) is 46.9 Å². The molecule has 4 rings (SSSR count). The number of fused-ring (bicyclic) bond motifs is 1. The number of nitrogens with one attached hydrogen (secondary N) is 3. The van der Waals surface area contributed by atoms with Crippen molar-refractivity contribution in [3.05, 3.63) is 64.1 Å². The van der Waals surface area contributed by atoms with E-state index in [9.17, 15) is 14.3 Å². The molecule has 8 heteroatoms. The van der Waals surface area contributed by atoms with Gasteiger partial charge in [0, 0.05) is 16.9 Å². The highest BCUT2D eigenvalue weighted by Gasteiger charge is 2.30. The Labute approximate surface area is 188 Å². The molecule has 1 saturated carbocycles. The van der Waals surface area contributed by atoms with Crippen LogP contribution in [0.4, 0.5) is 9.18 Å². The summed E-state index contributed by atoms with van der Waals surface area (Å²) >= 11 is 3.28. The Hall–Kier alpha value is -2.45. The maximum atomic E-state index is 14.5. The lowest BCUT2D eigenvalue weighted by Crippen LogP contribution is -2.47. The first-order valence-corrected chi connectivity index (χ1v) is 11.3. The van der Waals surface area contributed by atoms with Gasteiger partial charge in [-0.1, -0.05) is 34.1 Å². The Morgan fingerprint density at radius 3 is 2.77 bits per heavy atom. The zero-order valence-corrected chi connectivity index (χ0v) is 18.9. The molecular weight excluding hydrogens is 463 g/mol. The van der Waals surface area contributed by atoms with Crippen LogP contribution in [-0.4, -0.2) is 32.7 Å². The number of hydrogen-bond acceptors (Lipinski definition) is 3. The van der Waals surface area contributed by atoms with E-state index < -0.39 is 11.6 Å². The van der Waals surface area contributed by atoms with Crippen LogP contribution in [0.1, 0.15) is 50.0 Å². The van der Waals surface area contributed by atoms with Crippen molar-refractivity contribution in [3.63, 3.8) is 0 Å². The number of hydrogen-bond donors (Lipinski definition) is 4. The number of aromatic amines is 1. The van der Waals surface area contributed by atoms with Gasteiger partial charge in [0.15, 0.2) is 0 Å². The number of rotatable bonds is 5. The molecule has 2 aromatic carbocycles. The Balaban J connectivity index is 1.52. The van der Waals surface area contributed by atoms with E-state index >= 15 is 0 Å². The predicted molar refractivity (Wildman–Crippen MR) is 121 cm³/mol. The number of para-hydroxylation sites is 2. The van der Waals surface area contributed by atoms with Crippen molar-refractivity contribution < 1.29 is 14.3 Å². The second-order valence-electron chi connectivity index (χ2n) is 8.52. The number of benzene rings is 2. The quantitative estimate of drug-likeness (QED) is 0.418. The van der Waals surface area contributed by atoms with Gasteiger partial charge >= 0.3 is 6.03 Å². The zero-order chi connectivity index (χ0) is 22.0. The highest BCUT2D eigenvalue weighted by molar-refractivity contribution is 9.10. The van der Waals surface area contributed by atoms with Gasteiger partial charge in [0.2, 0.25) is 0 Å². The Morgan fingerprint density at radius 2 is 2.06 bits per heavy atom. The van der Waals surface area contributed by atoms with E-state index in [0.29, 0.717) is 28.7 Å². The average Bonchev–Trinajstić information content (AvgIpc) is 3.15. The largest absolute Gasteiger partial charge is 0.390 e. The van der Waals surface area contributed by atoms with E-state index in [4.69, 9.17) is 0 Å². The molecule has 0 radical (unpaired) electrons. The molecule has 0 spiro atoms. The summed E-state index contributed by atoms with van der Waals surface area (Å²) in [5.41, 5.74) is 1.47. The Morgan fingerprint density at radius 1 is 1.32 bits per heavy atom. The number of carbonyl (C=O) groups is 1. The number of amides is 2. The summed E-state index contributed by atoms with van der Waals surface area (Å²) in [6.45, 7) is 1.83. The molecule has 6 nitrogen and oxygen atoms in total. The van der Waals surface area contributed by atoms with E-state index in [-0.39, 0.29) is 24.3 Å². The van der Waals surface area contributed by atoms with Gasteiger partial charge in [0.25, 0.3) is 0 Å². The standard InChI is InChI=1S/C23H26BrFN4O2/c1-23(31)10-8-16(9-11-23)26-22(30)29-20(12-14-6-7-15(24)13-17(14)25)21-27-18-4-2-3-5-19(18)28-21/h2-7,13,16,20,31H,8-12H2,1H3,(H,27,28)(H2,26,29,30)/t16-,20-,23-/m1/s1. The summed E-state index contributed by atoms with van der Waals surface area (Å²) in [6, 6.07) is 11.7. The minimum Gasteiger partial charge on any atom is -0.390 e. The molecule has 4 N–H and O–H groups in total.